The van der Waals surface area contributed by atoms with Crippen molar-refractivity contribution < 1.29 is 14.7 Å². The Labute approximate surface area is 82.0 Å². The Morgan fingerprint density at radius 2 is 1.86 bits per heavy atom. The average molecular weight is 195 g/mol. The third-order valence-electron chi connectivity index (χ3n) is 2.94. The molecule has 2 N–H and O–H groups in total. The molecular weight excluding hydrogens is 182 g/mol. The van der Waals surface area contributed by atoms with Crippen LogP contribution in [0.2, 0.25) is 0 Å². The molecule has 1 amide bonds. The number of nitrogens with one attached hydrogen (secondary N) is 1. The Morgan fingerprint density at radius 1 is 1.29 bits per heavy atom. The fourth-order valence-corrected chi connectivity index (χ4v) is 1.72. The summed E-state index contributed by atoms with van der Waals surface area (Å²) in [7, 11) is 0. The molecule has 2 rings (SSSR count). The van der Waals surface area contributed by atoms with Crippen molar-refractivity contribution in [3.63, 3.8) is 0 Å². The van der Waals surface area contributed by atoms with Crippen molar-refractivity contribution in [1.82, 2.24) is 5.32 Å². The Morgan fingerprint density at radius 3 is 2.29 bits per heavy atom. The second-order valence-electron chi connectivity index (χ2n) is 4.00. The van der Waals surface area contributed by atoms with Crippen LogP contribution in [0.5, 0.6) is 0 Å². The molecule has 0 bridgehead atoms. The molecule has 76 valence electrons. The van der Waals surface area contributed by atoms with Gasteiger partial charge in [0.1, 0.15) is 5.41 Å². The lowest BCUT2D eigenvalue weighted by atomic mass is 10.1. The van der Waals surface area contributed by atoms with Gasteiger partial charge in [0.25, 0.3) is 0 Å². The lowest BCUT2D eigenvalue weighted by Gasteiger charge is -2.15. The number of aliphatic carboxylic acids is 1. The van der Waals surface area contributed by atoms with E-state index >= 15 is 0 Å². The minimum atomic E-state index is -1.09. The second-order valence-corrected chi connectivity index (χ2v) is 4.00. The third-order valence-corrected chi connectivity index (χ3v) is 2.94. The van der Waals surface area contributed by atoms with E-state index in [1.165, 1.54) is 0 Å². The topological polar surface area (TPSA) is 66.4 Å². The van der Waals surface area contributed by atoms with E-state index in [-0.39, 0.29) is 11.9 Å². The molecule has 0 spiro atoms. The summed E-state index contributed by atoms with van der Waals surface area (Å²) in [6.07, 6.45) is 6.61. The van der Waals surface area contributed by atoms with Crippen LogP contribution in [0.3, 0.4) is 0 Å². The lowest BCUT2D eigenvalue weighted by molar-refractivity contribution is -0.149. The molecule has 0 unspecified atom stereocenters. The number of carbonyl (C=O) groups excluding carboxylic acids is 1. The monoisotopic (exact) mass is 195 g/mol. The third kappa shape index (κ3) is 1.41. The van der Waals surface area contributed by atoms with Crippen molar-refractivity contribution in [2.75, 3.05) is 0 Å². The van der Waals surface area contributed by atoms with Gasteiger partial charge in [-0.3, -0.25) is 9.59 Å². The molecule has 4 heteroatoms. The van der Waals surface area contributed by atoms with Crippen LogP contribution in [-0.2, 0) is 9.59 Å². The maximum Gasteiger partial charge on any atom is 0.319 e. The van der Waals surface area contributed by atoms with Crippen LogP contribution in [0.4, 0.5) is 0 Å². The van der Waals surface area contributed by atoms with Gasteiger partial charge in [-0.1, -0.05) is 12.2 Å². The number of amides is 1. The van der Waals surface area contributed by atoms with Gasteiger partial charge in [0.2, 0.25) is 5.91 Å². The number of carboxylic acids is 1. The van der Waals surface area contributed by atoms with Crippen LogP contribution in [0.1, 0.15) is 25.7 Å². The van der Waals surface area contributed by atoms with Gasteiger partial charge >= 0.3 is 5.97 Å². The van der Waals surface area contributed by atoms with Gasteiger partial charge in [-0.15, -0.1) is 0 Å². The molecule has 0 aromatic rings. The first-order valence-electron chi connectivity index (χ1n) is 4.84. The predicted molar refractivity (Wildman–Crippen MR) is 49.6 cm³/mol. The maximum atomic E-state index is 11.6. The van der Waals surface area contributed by atoms with E-state index in [1.807, 2.05) is 12.2 Å². The van der Waals surface area contributed by atoms with Crippen LogP contribution in [-0.4, -0.2) is 23.0 Å². The quantitative estimate of drug-likeness (QED) is 0.514. The molecule has 0 radical (unpaired) electrons. The second kappa shape index (κ2) is 3.12. The molecule has 0 aromatic carbocycles. The van der Waals surface area contributed by atoms with E-state index in [2.05, 4.69) is 5.32 Å². The summed E-state index contributed by atoms with van der Waals surface area (Å²) >= 11 is 0. The van der Waals surface area contributed by atoms with E-state index < -0.39 is 11.4 Å². The molecule has 0 saturated heterocycles. The van der Waals surface area contributed by atoms with Crippen molar-refractivity contribution in [1.29, 1.82) is 0 Å². The molecule has 4 nitrogen and oxygen atoms in total. The fourth-order valence-electron chi connectivity index (χ4n) is 1.72. The first-order valence-corrected chi connectivity index (χ1v) is 4.84. The van der Waals surface area contributed by atoms with E-state index in [0.717, 1.165) is 12.8 Å². The van der Waals surface area contributed by atoms with E-state index in [9.17, 15) is 9.59 Å². The van der Waals surface area contributed by atoms with Crippen LogP contribution >= 0.6 is 0 Å². The fraction of sp³-hybridized carbons (Fsp3) is 0.600. The molecule has 2 aliphatic carbocycles. The molecule has 0 heterocycles. The van der Waals surface area contributed by atoms with Crippen molar-refractivity contribution in [3.8, 4) is 0 Å². The van der Waals surface area contributed by atoms with Gasteiger partial charge in [-0.2, -0.15) is 0 Å². The molecule has 0 aromatic heterocycles. The summed E-state index contributed by atoms with van der Waals surface area (Å²) in [5.41, 5.74) is -1.09. The number of hydrogen-bond acceptors (Lipinski definition) is 2. The van der Waals surface area contributed by atoms with Crippen LogP contribution < -0.4 is 5.32 Å². The van der Waals surface area contributed by atoms with Crippen LogP contribution in [0.25, 0.3) is 0 Å². The van der Waals surface area contributed by atoms with Gasteiger partial charge in [0.15, 0.2) is 0 Å². The smallest absolute Gasteiger partial charge is 0.319 e. The van der Waals surface area contributed by atoms with Gasteiger partial charge in [-0.25, -0.2) is 0 Å². The minimum absolute atomic E-state index is 0.110. The van der Waals surface area contributed by atoms with Gasteiger partial charge in [-0.05, 0) is 25.7 Å². The SMILES string of the molecule is O=C(O)C1(C(=O)NC2CC=CC2)CC1. The Kier molecular flexibility index (Phi) is 2.06. The molecule has 1 saturated carbocycles. The molecule has 0 aliphatic heterocycles. The highest BCUT2D eigenvalue weighted by molar-refractivity contribution is 6.04. The molecule has 0 atom stereocenters. The van der Waals surface area contributed by atoms with Crippen LogP contribution in [0, 0.1) is 5.41 Å². The summed E-state index contributed by atoms with van der Waals surface area (Å²) in [6, 6.07) is 0.110. The Balaban J connectivity index is 1.92. The first kappa shape index (κ1) is 9.24. The number of carbonyl (C=O) groups is 2. The molecule has 2 aliphatic rings. The summed E-state index contributed by atoms with van der Waals surface area (Å²) in [6.45, 7) is 0. The van der Waals surface area contributed by atoms with Crippen molar-refractivity contribution >= 4 is 11.9 Å². The summed E-state index contributed by atoms with van der Waals surface area (Å²) in [5.74, 6) is -1.29. The van der Waals surface area contributed by atoms with E-state index in [0.29, 0.717) is 12.8 Å². The highest BCUT2D eigenvalue weighted by atomic mass is 16.4. The van der Waals surface area contributed by atoms with Gasteiger partial charge in [0, 0.05) is 6.04 Å². The maximum absolute atomic E-state index is 11.6. The predicted octanol–water partition coefficient (Wildman–Crippen LogP) is 0.686. The number of carboxylic acid groups (broad SMARTS) is 1. The zero-order valence-corrected chi connectivity index (χ0v) is 7.82. The van der Waals surface area contributed by atoms with E-state index in [4.69, 9.17) is 5.11 Å². The number of rotatable bonds is 3. The van der Waals surface area contributed by atoms with Gasteiger partial charge in [0.05, 0.1) is 0 Å². The Bertz CT molecular complexity index is 296. The minimum Gasteiger partial charge on any atom is -0.480 e. The van der Waals surface area contributed by atoms with Crippen molar-refractivity contribution in [2.45, 2.75) is 31.7 Å². The summed E-state index contributed by atoms with van der Waals surface area (Å²) < 4.78 is 0. The standard InChI is InChI=1S/C10H13NO3/c12-8(10(5-6-10)9(13)14)11-7-3-1-2-4-7/h1-2,7H,3-6H2,(H,11,12)(H,13,14). The largest absolute Gasteiger partial charge is 0.480 e. The highest BCUT2D eigenvalue weighted by Crippen LogP contribution is 2.46. The average Bonchev–Trinajstić information content (AvgIpc) is 2.81. The lowest BCUT2D eigenvalue weighted by Crippen LogP contribution is -2.41. The molecular formula is C10H13NO3. The summed E-state index contributed by atoms with van der Waals surface area (Å²) in [5, 5.41) is 11.7. The van der Waals surface area contributed by atoms with Crippen molar-refractivity contribution in [2.24, 2.45) is 5.41 Å². The number of hydrogen-bond donors (Lipinski definition) is 2. The molecule has 14 heavy (non-hydrogen) atoms. The van der Waals surface area contributed by atoms with Crippen molar-refractivity contribution in [3.05, 3.63) is 12.2 Å². The zero-order chi connectivity index (χ0) is 10.2. The van der Waals surface area contributed by atoms with Gasteiger partial charge < -0.3 is 10.4 Å². The zero-order valence-electron chi connectivity index (χ0n) is 7.82. The van der Waals surface area contributed by atoms with Crippen LogP contribution in [0.15, 0.2) is 12.2 Å². The normalized spacial score (nSPS) is 23.4. The Hall–Kier alpha value is -1.32. The summed E-state index contributed by atoms with van der Waals surface area (Å²) in [4.78, 5) is 22.4. The highest BCUT2D eigenvalue weighted by Gasteiger charge is 2.57. The first-order chi connectivity index (χ1) is 6.65. The van der Waals surface area contributed by atoms with E-state index in [1.54, 1.807) is 0 Å². The molecule has 1 fully saturated rings.